The molecule has 0 radical (unpaired) electrons. The van der Waals surface area contributed by atoms with Gasteiger partial charge >= 0.3 is 6.09 Å². The summed E-state index contributed by atoms with van der Waals surface area (Å²) in [5.74, 6) is 0. The Hall–Kier alpha value is -1.12. The number of halogens is 1. The van der Waals surface area contributed by atoms with E-state index < -0.39 is 21.7 Å². The Morgan fingerprint density at radius 2 is 2.00 bits per heavy atom. The second-order valence-electron chi connectivity index (χ2n) is 6.82. The molecule has 1 amide bonds. The molecule has 0 spiro atoms. The Morgan fingerprint density at radius 1 is 1.33 bits per heavy atom. The molecular formula is C16H23BrN2O4S. The number of carbonyl (C=O) groups excluding carboxylic acids is 1. The minimum Gasteiger partial charge on any atom is -0.444 e. The van der Waals surface area contributed by atoms with Crippen LogP contribution >= 0.6 is 15.9 Å². The lowest BCUT2D eigenvalue weighted by molar-refractivity contribution is 0.0195. The van der Waals surface area contributed by atoms with Gasteiger partial charge in [0.15, 0.2) is 0 Å². The fourth-order valence-electron chi connectivity index (χ4n) is 2.51. The summed E-state index contributed by atoms with van der Waals surface area (Å²) >= 11 is 3.26. The molecule has 24 heavy (non-hydrogen) atoms. The zero-order chi connectivity index (χ0) is 18.0. The summed E-state index contributed by atoms with van der Waals surface area (Å²) in [5.41, 5.74) is -0.571. The monoisotopic (exact) mass is 418 g/mol. The van der Waals surface area contributed by atoms with Gasteiger partial charge in [0.25, 0.3) is 0 Å². The Bertz CT molecular complexity index is 700. The smallest absolute Gasteiger partial charge is 0.410 e. The van der Waals surface area contributed by atoms with Crippen LogP contribution in [0.25, 0.3) is 0 Å². The Kier molecular flexibility index (Phi) is 5.93. The van der Waals surface area contributed by atoms with Crippen molar-refractivity contribution in [2.24, 2.45) is 0 Å². The minimum absolute atomic E-state index is 0.194. The molecule has 0 aromatic heterocycles. The van der Waals surface area contributed by atoms with Crippen LogP contribution in [-0.4, -0.2) is 44.1 Å². The van der Waals surface area contributed by atoms with E-state index in [1.54, 1.807) is 29.2 Å². The zero-order valence-electron chi connectivity index (χ0n) is 14.1. The van der Waals surface area contributed by atoms with Crippen LogP contribution < -0.4 is 4.72 Å². The minimum atomic E-state index is -3.65. The third-order valence-electron chi connectivity index (χ3n) is 3.52. The fraction of sp³-hybridized carbons (Fsp3) is 0.562. The predicted octanol–water partition coefficient (Wildman–Crippen LogP) is 3.13. The first-order valence-electron chi connectivity index (χ1n) is 7.83. The summed E-state index contributed by atoms with van der Waals surface area (Å²) in [4.78, 5) is 13.9. The molecule has 1 aromatic rings. The highest BCUT2D eigenvalue weighted by Gasteiger charge is 2.30. The summed E-state index contributed by atoms with van der Waals surface area (Å²) in [7, 11) is -3.65. The molecule has 0 unspecified atom stereocenters. The average molecular weight is 419 g/mol. The fourth-order valence-corrected chi connectivity index (χ4v) is 4.78. The van der Waals surface area contributed by atoms with Crippen molar-refractivity contribution in [1.29, 1.82) is 0 Å². The maximum absolute atomic E-state index is 12.6. The van der Waals surface area contributed by atoms with E-state index in [2.05, 4.69) is 20.7 Å². The Labute approximate surface area is 151 Å². The number of sulfonamides is 1. The van der Waals surface area contributed by atoms with Crippen LogP contribution in [0.15, 0.2) is 33.6 Å². The second kappa shape index (κ2) is 7.41. The Balaban J connectivity index is 2.05. The summed E-state index contributed by atoms with van der Waals surface area (Å²) in [6, 6.07) is 6.33. The van der Waals surface area contributed by atoms with Gasteiger partial charge in [-0.1, -0.05) is 12.1 Å². The van der Waals surface area contributed by atoms with Gasteiger partial charge in [-0.2, -0.15) is 0 Å². The van der Waals surface area contributed by atoms with E-state index in [0.717, 1.165) is 6.42 Å². The first kappa shape index (κ1) is 19.2. The molecule has 0 bridgehead atoms. The standard InChI is InChI=1S/C16H23BrN2O4S/c1-16(2,3)23-15(20)19-10-6-7-12(11-19)18-24(21,22)14-9-5-4-8-13(14)17/h4-5,8-9,12,18H,6-7,10-11H2,1-3H3/t12-/m0/s1. The van der Waals surface area contributed by atoms with Crippen LogP contribution in [-0.2, 0) is 14.8 Å². The van der Waals surface area contributed by atoms with E-state index in [-0.39, 0.29) is 10.9 Å². The van der Waals surface area contributed by atoms with Gasteiger partial charge in [0.05, 0.1) is 4.90 Å². The van der Waals surface area contributed by atoms with Crippen LogP contribution in [0.5, 0.6) is 0 Å². The topological polar surface area (TPSA) is 75.7 Å². The molecule has 0 aliphatic carbocycles. The number of nitrogens with zero attached hydrogens (tertiary/aromatic N) is 1. The number of nitrogens with one attached hydrogen (secondary N) is 1. The number of ether oxygens (including phenoxy) is 1. The van der Waals surface area contributed by atoms with E-state index in [1.807, 2.05) is 20.8 Å². The number of likely N-dealkylation sites (tertiary alicyclic amines) is 1. The number of rotatable bonds is 3. The molecule has 1 aliphatic heterocycles. The molecule has 6 nitrogen and oxygen atoms in total. The van der Waals surface area contributed by atoms with Gasteiger partial charge in [-0.15, -0.1) is 0 Å². The van der Waals surface area contributed by atoms with Gasteiger partial charge in [0.2, 0.25) is 10.0 Å². The molecule has 0 saturated carbocycles. The summed E-state index contributed by atoms with van der Waals surface area (Å²) in [5, 5.41) is 0. The van der Waals surface area contributed by atoms with Crippen molar-refractivity contribution in [3.05, 3.63) is 28.7 Å². The van der Waals surface area contributed by atoms with Gasteiger partial charge in [0.1, 0.15) is 5.60 Å². The first-order chi connectivity index (χ1) is 11.1. The largest absolute Gasteiger partial charge is 0.444 e. The van der Waals surface area contributed by atoms with Crippen LogP contribution in [0.1, 0.15) is 33.6 Å². The van der Waals surface area contributed by atoms with Crippen molar-refractivity contribution >= 4 is 32.0 Å². The lowest BCUT2D eigenvalue weighted by atomic mass is 10.1. The van der Waals surface area contributed by atoms with Crippen molar-refractivity contribution in [3.63, 3.8) is 0 Å². The van der Waals surface area contributed by atoms with Gasteiger partial charge in [0, 0.05) is 23.6 Å². The molecule has 2 rings (SSSR count). The van der Waals surface area contributed by atoms with Crippen molar-refractivity contribution in [2.75, 3.05) is 13.1 Å². The van der Waals surface area contributed by atoms with E-state index in [1.165, 1.54) is 0 Å². The van der Waals surface area contributed by atoms with Gasteiger partial charge in [-0.25, -0.2) is 17.9 Å². The summed E-state index contributed by atoms with van der Waals surface area (Å²) < 4.78 is 33.7. The highest BCUT2D eigenvalue weighted by molar-refractivity contribution is 9.10. The summed E-state index contributed by atoms with van der Waals surface area (Å²) in [6.07, 6.45) is 0.998. The number of benzene rings is 1. The van der Waals surface area contributed by atoms with Crippen molar-refractivity contribution in [3.8, 4) is 0 Å². The predicted molar refractivity (Wildman–Crippen MR) is 95.3 cm³/mol. The Morgan fingerprint density at radius 3 is 2.62 bits per heavy atom. The third-order valence-corrected chi connectivity index (χ3v) is 6.05. The molecule has 1 saturated heterocycles. The SMILES string of the molecule is CC(C)(C)OC(=O)N1CCC[C@H](NS(=O)(=O)c2ccccc2Br)C1. The van der Waals surface area contributed by atoms with Crippen LogP contribution in [0, 0.1) is 0 Å². The van der Waals surface area contributed by atoms with Crippen molar-refractivity contribution in [2.45, 2.75) is 50.2 Å². The van der Waals surface area contributed by atoms with Gasteiger partial charge in [-0.05, 0) is 61.7 Å². The van der Waals surface area contributed by atoms with E-state index in [9.17, 15) is 13.2 Å². The molecule has 1 aliphatic rings. The van der Waals surface area contributed by atoms with Crippen LogP contribution in [0.2, 0.25) is 0 Å². The highest BCUT2D eigenvalue weighted by Crippen LogP contribution is 2.22. The number of carbonyl (C=O) groups is 1. The quantitative estimate of drug-likeness (QED) is 0.817. The van der Waals surface area contributed by atoms with Crippen molar-refractivity contribution in [1.82, 2.24) is 9.62 Å². The maximum atomic E-state index is 12.6. The lowest BCUT2D eigenvalue weighted by Crippen LogP contribution is -2.50. The number of piperidine rings is 1. The maximum Gasteiger partial charge on any atom is 0.410 e. The van der Waals surface area contributed by atoms with E-state index in [4.69, 9.17) is 4.74 Å². The number of amides is 1. The number of hydrogen-bond donors (Lipinski definition) is 1. The average Bonchev–Trinajstić information content (AvgIpc) is 2.45. The first-order valence-corrected chi connectivity index (χ1v) is 10.1. The lowest BCUT2D eigenvalue weighted by Gasteiger charge is -2.34. The van der Waals surface area contributed by atoms with Crippen LogP contribution in [0.4, 0.5) is 4.79 Å². The normalized spacial score (nSPS) is 19.2. The molecule has 1 aromatic carbocycles. The molecule has 1 heterocycles. The third kappa shape index (κ3) is 5.19. The molecule has 134 valence electrons. The molecular weight excluding hydrogens is 396 g/mol. The molecule has 1 N–H and O–H groups in total. The second-order valence-corrected chi connectivity index (χ2v) is 9.35. The molecule has 1 fully saturated rings. The van der Waals surface area contributed by atoms with Crippen molar-refractivity contribution < 1.29 is 17.9 Å². The van der Waals surface area contributed by atoms with E-state index >= 15 is 0 Å². The summed E-state index contributed by atoms with van der Waals surface area (Å²) in [6.45, 7) is 6.30. The van der Waals surface area contributed by atoms with E-state index in [0.29, 0.717) is 24.0 Å². The highest BCUT2D eigenvalue weighted by atomic mass is 79.9. The van der Waals surface area contributed by atoms with Gasteiger partial charge < -0.3 is 9.64 Å². The van der Waals surface area contributed by atoms with Crippen LogP contribution in [0.3, 0.4) is 0 Å². The number of hydrogen-bond acceptors (Lipinski definition) is 4. The zero-order valence-corrected chi connectivity index (χ0v) is 16.5. The molecule has 8 heteroatoms. The van der Waals surface area contributed by atoms with Gasteiger partial charge in [-0.3, -0.25) is 0 Å². The molecule has 1 atom stereocenters.